The normalized spacial score (nSPS) is 8.42. The lowest BCUT2D eigenvalue weighted by atomic mass is 10.4. The summed E-state index contributed by atoms with van der Waals surface area (Å²) in [5, 5.41) is 45.8. The van der Waals surface area contributed by atoms with Crippen LogP contribution in [-0.2, 0) is 10.7 Å². The molecule has 0 bridgehead atoms. The average molecular weight is 308 g/mol. The molecule has 0 aromatic heterocycles. The standard InChI is InChI=1S/C4H10O2S.3C2H6O2/c1-2-3-4-7(5)6;3*3-1-2-4/h7H,2-4H2,1H3;3*3-4H,1-2H2. The molecule has 0 saturated carbocycles. The van der Waals surface area contributed by atoms with Crippen LogP contribution in [0.15, 0.2) is 0 Å². The van der Waals surface area contributed by atoms with Crippen LogP contribution in [0.3, 0.4) is 0 Å². The molecule has 0 aromatic rings. The minimum atomic E-state index is -2.11. The van der Waals surface area contributed by atoms with E-state index in [1.54, 1.807) is 0 Å². The van der Waals surface area contributed by atoms with Gasteiger partial charge in [0.25, 0.3) is 0 Å². The minimum absolute atomic E-state index is 0.125. The lowest BCUT2D eigenvalue weighted by molar-refractivity contribution is 0.186. The Bertz CT molecular complexity index is 151. The van der Waals surface area contributed by atoms with E-state index in [1.807, 2.05) is 6.92 Å². The Morgan fingerprint density at radius 1 is 0.684 bits per heavy atom. The van der Waals surface area contributed by atoms with Crippen molar-refractivity contribution >= 4 is 10.7 Å². The zero-order valence-corrected chi connectivity index (χ0v) is 12.2. The topological polar surface area (TPSA) is 156 Å². The summed E-state index contributed by atoms with van der Waals surface area (Å²) in [7, 11) is -2.11. The van der Waals surface area contributed by atoms with Crippen molar-refractivity contribution in [3.63, 3.8) is 0 Å². The summed E-state index contributed by atoms with van der Waals surface area (Å²) in [6.07, 6.45) is 1.77. The Kier molecular flexibility index (Phi) is 51.5. The molecule has 6 N–H and O–H groups in total. The van der Waals surface area contributed by atoms with Gasteiger partial charge in [0, 0.05) is 5.75 Å². The monoisotopic (exact) mass is 308 g/mol. The predicted octanol–water partition coefficient (Wildman–Crippen LogP) is -2.69. The Labute approximate surface area is 115 Å². The molecule has 0 radical (unpaired) electrons. The first-order valence-corrected chi connectivity index (χ1v) is 7.15. The van der Waals surface area contributed by atoms with Gasteiger partial charge in [-0.15, -0.1) is 0 Å². The lowest BCUT2D eigenvalue weighted by Crippen LogP contribution is -1.85. The van der Waals surface area contributed by atoms with E-state index in [1.165, 1.54) is 0 Å². The lowest BCUT2D eigenvalue weighted by Gasteiger charge is -1.81. The Morgan fingerprint density at radius 2 is 0.947 bits per heavy atom. The van der Waals surface area contributed by atoms with Crippen molar-refractivity contribution < 1.29 is 39.1 Å². The molecule has 0 heterocycles. The third-order valence-corrected chi connectivity index (χ3v) is 1.68. The van der Waals surface area contributed by atoms with Crippen molar-refractivity contribution in [3.8, 4) is 0 Å². The summed E-state index contributed by atoms with van der Waals surface area (Å²) in [5.41, 5.74) is 0. The molecule has 0 fully saturated rings. The van der Waals surface area contributed by atoms with Crippen molar-refractivity contribution in [2.75, 3.05) is 45.4 Å². The SMILES string of the molecule is CCCC[SH](=O)=O.OCCO.OCCO.OCCO. The van der Waals surface area contributed by atoms with Crippen LogP contribution in [0.5, 0.6) is 0 Å². The summed E-state index contributed by atoms with van der Waals surface area (Å²) < 4.78 is 19.6. The van der Waals surface area contributed by atoms with Gasteiger partial charge in [-0.3, -0.25) is 0 Å². The third-order valence-electron chi connectivity index (χ3n) is 0.994. The molecule has 0 spiro atoms. The van der Waals surface area contributed by atoms with Gasteiger partial charge in [0.05, 0.1) is 39.6 Å². The van der Waals surface area contributed by atoms with E-state index in [2.05, 4.69) is 0 Å². The van der Waals surface area contributed by atoms with Crippen molar-refractivity contribution in [2.24, 2.45) is 0 Å². The number of aliphatic hydroxyl groups is 6. The van der Waals surface area contributed by atoms with Gasteiger partial charge in [0.2, 0.25) is 0 Å². The number of unbranched alkanes of at least 4 members (excludes halogenated alkanes) is 1. The first-order valence-electron chi connectivity index (χ1n) is 5.79. The van der Waals surface area contributed by atoms with Gasteiger partial charge in [-0.1, -0.05) is 13.3 Å². The highest BCUT2D eigenvalue weighted by molar-refractivity contribution is 7.72. The number of aliphatic hydroxyl groups excluding tert-OH is 6. The Balaban J connectivity index is -0.0000000825. The van der Waals surface area contributed by atoms with Crippen LogP contribution in [0.2, 0.25) is 0 Å². The van der Waals surface area contributed by atoms with Crippen molar-refractivity contribution in [1.82, 2.24) is 0 Å². The van der Waals surface area contributed by atoms with Gasteiger partial charge in [-0.2, -0.15) is 0 Å². The van der Waals surface area contributed by atoms with Crippen LogP contribution in [0, 0.1) is 0 Å². The third kappa shape index (κ3) is 97.1. The second kappa shape index (κ2) is 36.1. The predicted molar refractivity (Wildman–Crippen MR) is 72.6 cm³/mol. The molecular weight excluding hydrogens is 280 g/mol. The van der Waals surface area contributed by atoms with Crippen molar-refractivity contribution in [2.45, 2.75) is 19.8 Å². The van der Waals surface area contributed by atoms with Crippen LogP contribution in [-0.4, -0.2) is 84.5 Å². The van der Waals surface area contributed by atoms with E-state index < -0.39 is 10.7 Å². The molecule has 8 nitrogen and oxygen atoms in total. The molecule has 0 aromatic carbocycles. The zero-order chi connectivity index (χ0) is 15.9. The van der Waals surface area contributed by atoms with E-state index in [0.717, 1.165) is 12.8 Å². The van der Waals surface area contributed by atoms with Gasteiger partial charge >= 0.3 is 0 Å². The first-order chi connectivity index (χ1) is 9.01. The molecule has 0 aliphatic heterocycles. The first kappa shape index (κ1) is 27.1. The molecule has 122 valence electrons. The summed E-state index contributed by atoms with van der Waals surface area (Å²) in [4.78, 5) is 0. The van der Waals surface area contributed by atoms with Crippen LogP contribution < -0.4 is 0 Å². The van der Waals surface area contributed by atoms with Crippen LogP contribution in [0.4, 0.5) is 0 Å². The maximum atomic E-state index is 9.80. The Morgan fingerprint density at radius 3 is 1.00 bits per heavy atom. The quantitative estimate of drug-likeness (QED) is 0.262. The number of rotatable bonds is 6. The molecule has 0 aliphatic carbocycles. The molecular formula is C10H28O8S. The molecule has 0 unspecified atom stereocenters. The van der Waals surface area contributed by atoms with Crippen molar-refractivity contribution in [1.29, 1.82) is 0 Å². The fourth-order valence-corrected chi connectivity index (χ4v) is 0.862. The smallest absolute Gasteiger partial charge is 0.140 e. The second-order valence-corrected chi connectivity index (χ2v) is 3.86. The molecule has 19 heavy (non-hydrogen) atoms. The maximum absolute atomic E-state index is 9.80. The van der Waals surface area contributed by atoms with E-state index in [0.29, 0.717) is 5.75 Å². The van der Waals surface area contributed by atoms with Gasteiger partial charge < -0.3 is 30.6 Å². The van der Waals surface area contributed by atoms with E-state index in [4.69, 9.17) is 30.6 Å². The molecule has 0 saturated heterocycles. The number of hydrogen-bond acceptors (Lipinski definition) is 8. The molecule has 0 atom stereocenters. The summed E-state index contributed by atoms with van der Waals surface area (Å²) in [6.45, 7) is 1.22. The fraction of sp³-hybridized carbons (Fsp3) is 1.00. The average Bonchev–Trinajstić information content (AvgIpc) is 2.45. The summed E-state index contributed by atoms with van der Waals surface area (Å²) in [5.74, 6) is 0.353. The van der Waals surface area contributed by atoms with Crippen LogP contribution in [0.1, 0.15) is 19.8 Å². The highest BCUT2D eigenvalue weighted by Gasteiger charge is 1.81. The zero-order valence-electron chi connectivity index (χ0n) is 11.3. The van der Waals surface area contributed by atoms with E-state index in [-0.39, 0.29) is 39.6 Å². The van der Waals surface area contributed by atoms with Gasteiger partial charge in [-0.25, -0.2) is 8.42 Å². The largest absolute Gasteiger partial charge is 0.394 e. The molecule has 0 amide bonds. The summed E-state index contributed by atoms with van der Waals surface area (Å²) >= 11 is 0. The number of hydrogen-bond donors (Lipinski definition) is 7. The highest BCUT2D eigenvalue weighted by atomic mass is 32.2. The fourth-order valence-electron chi connectivity index (χ4n) is 0.287. The summed E-state index contributed by atoms with van der Waals surface area (Å²) in [6, 6.07) is 0. The van der Waals surface area contributed by atoms with E-state index in [9.17, 15) is 8.42 Å². The van der Waals surface area contributed by atoms with Crippen LogP contribution >= 0.6 is 0 Å². The van der Waals surface area contributed by atoms with E-state index >= 15 is 0 Å². The van der Waals surface area contributed by atoms with Crippen LogP contribution in [0.25, 0.3) is 0 Å². The van der Waals surface area contributed by atoms with Gasteiger partial charge in [0.1, 0.15) is 10.7 Å². The molecule has 0 aliphatic rings. The number of thiol groups is 1. The minimum Gasteiger partial charge on any atom is -0.394 e. The highest BCUT2D eigenvalue weighted by Crippen LogP contribution is 1.83. The van der Waals surface area contributed by atoms with Gasteiger partial charge in [0.15, 0.2) is 0 Å². The Hall–Kier alpha value is -0.290. The molecule has 9 heteroatoms. The maximum Gasteiger partial charge on any atom is 0.140 e. The molecule has 0 rings (SSSR count). The van der Waals surface area contributed by atoms with Gasteiger partial charge in [-0.05, 0) is 6.42 Å². The van der Waals surface area contributed by atoms with Crippen molar-refractivity contribution in [3.05, 3.63) is 0 Å². The second-order valence-electron chi connectivity index (χ2n) is 2.75.